The molecule has 20 heavy (non-hydrogen) atoms. The molecule has 20 heteroatoms. The minimum Gasteiger partial charge on any atom is 0.0000000000131 e. The number of hydrogen-bond donors (Lipinski definition) is 0. The zero-order valence-electron chi connectivity index (χ0n) is 11.8. The lowest BCUT2D eigenvalue weighted by atomic mass is 8.39. The van der Waals surface area contributed by atoms with E-state index >= 15 is 0 Å². The van der Waals surface area contributed by atoms with Gasteiger partial charge in [0, 0.05) is 143 Å². The smallest absolute Gasteiger partial charge is 0.0000000000131 e. The van der Waals surface area contributed by atoms with Gasteiger partial charge in [-0.3, -0.25) is 0 Å². The Labute approximate surface area is 142 Å². The van der Waals surface area contributed by atoms with Gasteiger partial charge in [-0.2, -0.15) is 0 Å². The maximum Gasteiger partial charge on any atom is 0.0326 e. The van der Waals surface area contributed by atoms with Gasteiger partial charge in [0.2, 0.25) is 0 Å². The zero-order valence-corrected chi connectivity index (χ0v) is 11.8. The first-order valence-corrected chi connectivity index (χ1v) is 6.48. The van der Waals surface area contributed by atoms with Crippen LogP contribution in [0, 0.1) is 0 Å². The predicted octanol–water partition coefficient (Wildman–Crippen LogP) is -8.15. The van der Waals surface area contributed by atoms with Gasteiger partial charge < -0.3 is 0 Å². The Morgan fingerprint density at radius 2 is 0.700 bits per heavy atom. The molecule has 0 aromatic rings. The second kappa shape index (κ2) is 9.44. The van der Waals surface area contributed by atoms with Crippen LogP contribution in [0.1, 0.15) is 0 Å². The molecule has 0 aliphatic rings. The molecule has 62 valence electrons. The van der Waals surface area contributed by atoms with Crippen molar-refractivity contribution in [1.82, 2.24) is 0 Å². The van der Waals surface area contributed by atoms with E-state index in [1.807, 2.05) is 0 Å². The van der Waals surface area contributed by atoms with Crippen LogP contribution in [0.2, 0.25) is 0 Å². The maximum absolute atomic E-state index is 6.14. The van der Waals surface area contributed by atoms with Crippen LogP contribution >= 0.6 is 0 Å². The second-order valence-corrected chi connectivity index (χ2v) is 5.38. The van der Waals surface area contributed by atoms with Crippen LogP contribution in [-0.2, 0) is 0 Å². The summed E-state index contributed by atoms with van der Waals surface area (Å²) in [6, 6.07) is 0. The monoisotopic (exact) mass is 222 g/mol. The van der Waals surface area contributed by atoms with Crippen LogP contribution in [0.15, 0.2) is 0 Å². The fourth-order valence-electron chi connectivity index (χ4n) is 2.62. The average molecular weight is 218 g/mol. The SMILES string of the molecule is [B]B([B])B(B([B])[B])B(B([B])B([BH])[BH])B(B([B])[B])B([B])[B]. The third-order valence-electron chi connectivity index (χ3n) is 3.66. The van der Waals surface area contributed by atoms with E-state index < -0.39 is 51.1 Å². The fourth-order valence-corrected chi connectivity index (χ4v) is 2.62. The van der Waals surface area contributed by atoms with E-state index in [0.29, 0.717) is 0 Å². The van der Waals surface area contributed by atoms with Crippen LogP contribution in [0.4, 0.5) is 0 Å². The van der Waals surface area contributed by atoms with Gasteiger partial charge in [0.15, 0.2) is 0 Å². The van der Waals surface area contributed by atoms with E-state index in [-0.39, 0.29) is 6.39 Å². The molecule has 0 aliphatic carbocycles. The molecule has 0 fully saturated rings. The molecule has 0 N–H and O–H groups in total. The number of hydrogen-bond acceptors (Lipinski definition) is 0. The van der Waals surface area contributed by atoms with Crippen molar-refractivity contribution in [3.63, 3.8) is 0 Å². The Kier molecular flexibility index (Phi) is 10.1. The van der Waals surface area contributed by atoms with E-state index in [2.05, 4.69) is 15.5 Å². The molecular weight excluding hydrogens is 216 g/mol. The van der Waals surface area contributed by atoms with Crippen molar-refractivity contribution in [3.05, 3.63) is 0 Å². The summed E-state index contributed by atoms with van der Waals surface area (Å²) in [5.74, 6) is 0. The Morgan fingerprint density at radius 3 is 0.850 bits per heavy atom. The van der Waals surface area contributed by atoms with Crippen LogP contribution in [-0.4, -0.2) is 143 Å². The maximum atomic E-state index is 6.14. The molecule has 0 aromatic heterocycles. The molecule has 0 saturated carbocycles. The van der Waals surface area contributed by atoms with Gasteiger partial charge in [-0.05, 0) is 0 Å². The molecule has 0 amide bonds. The molecular formula is H2B20. The Hall–Kier alpha value is 1.30. The third kappa shape index (κ3) is 5.83. The van der Waals surface area contributed by atoms with Crippen LogP contribution in [0.3, 0.4) is 0 Å². The highest BCUT2D eigenvalue weighted by Crippen LogP contribution is 2.05. The van der Waals surface area contributed by atoms with Gasteiger partial charge in [-0.25, -0.2) is 0 Å². The summed E-state index contributed by atoms with van der Waals surface area (Å²) in [6.45, 7) is 0. The van der Waals surface area contributed by atoms with Crippen molar-refractivity contribution in [2.45, 2.75) is 0 Å². The first-order chi connectivity index (χ1) is 9.02. The predicted molar refractivity (Wildman–Crippen MR) is 118 cm³/mol. The highest BCUT2D eigenvalue weighted by atomic mass is 13.2. The molecule has 20 radical (unpaired) electrons. The van der Waals surface area contributed by atoms with E-state index in [1.165, 1.54) is 0 Å². The highest BCUT2D eigenvalue weighted by Gasteiger charge is 2.44. The van der Waals surface area contributed by atoms with Crippen molar-refractivity contribution >= 4 is 143 Å². The summed E-state index contributed by atoms with van der Waals surface area (Å²) in [5.41, 5.74) is 0. The molecule has 0 atom stereocenters. The number of rotatable bonds is 8. The van der Waals surface area contributed by atoms with Crippen molar-refractivity contribution in [2.75, 3.05) is 0 Å². The van der Waals surface area contributed by atoms with E-state index in [9.17, 15) is 0 Å². The molecule has 0 saturated heterocycles. The fraction of sp³-hybridized carbons (Fsp3) is 0. The third-order valence-corrected chi connectivity index (χ3v) is 3.66. The second-order valence-electron chi connectivity index (χ2n) is 5.38. The van der Waals surface area contributed by atoms with Crippen LogP contribution < -0.4 is 0 Å². The van der Waals surface area contributed by atoms with Crippen molar-refractivity contribution in [2.24, 2.45) is 0 Å². The molecule has 0 nitrogen and oxygen atoms in total. The summed E-state index contributed by atoms with van der Waals surface area (Å²) in [5, 5.41) is 0. The lowest BCUT2D eigenvalue weighted by Gasteiger charge is -2.42. The summed E-state index contributed by atoms with van der Waals surface area (Å²) < 4.78 is 0. The van der Waals surface area contributed by atoms with Gasteiger partial charge in [0.1, 0.15) is 0 Å². The van der Waals surface area contributed by atoms with Crippen LogP contribution in [0.25, 0.3) is 0 Å². The zero-order chi connectivity index (χ0) is 16.2. The minimum absolute atomic E-state index is 0.389. The summed E-state index contributed by atoms with van der Waals surface area (Å²) >= 11 is 0. The summed E-state index contributed by atoms with van der Waals surface area (Å²) in [6.07, 6.45) is -5.92. The molecule has 0 heterocycles. The lowest BCUT2D eigenvalue weighted by molar-refractivity contribution is 3.33. The van der Waals surface area contributed by atoms with E-state index in [1.54, 1.807) is 0 Å². The molecule has 0 aromatic carbocycles. The molecule has 0 aliphatic heterocycles. The minimum atomic E-state index is -0.829. The average Bonchev–Trinajstić information content (AvgIpc) is 2.24. The molecule has 0 bridgehead atoms. The normalized spacial score (nSPS) is 9.20. The first-order valence-electron chi connectivity index (χ1n) is 6.48. The largest absolute Gasteiger partial charge is 0.0326 e. The molecule has 0 unspecified atom stereocenters. The van der Waals surface area contributed by atoms with E-state index in [0.717, 1.165) is 0 Å². The first kappa shape index (κ1) is 21.3. The lowest BCUT2D eigenvalue weighted by Crippen LogP contribution is -2.80. The van der Waals surface area contributed by atoms with Gasteiger partial charge in [0.25, 0.3) is 0 Å². The van der Waals surface area contributed by atoms with Gasteiger partial charge in [-0.15, -0.1) is 0 Å². The summed E-state index contributed by atoms with van der Waals surface area (Å²) in [4.78, 5) is 0. The van der Waals surface area contributed by atoms with Crippen molar-refractivity contribution < 1.29 is 0 Å². The van der Waals surface area contributed by atoms with E-state index in [4.69, 9.17) is 69.6 Å². The Bertz CT molecular complexity index is 211. The van der Waals surface area contributed by atoms with Crippen molar-refractivity contribution in [1.29, 1.82) is 0 Å². The van der Waals surface area contributed by atoms with Crippen LogP contribution in [0.5, 0.6) is 0 Å². The summed E-state index contributed by atoms with van der Waals surface area (Å²) in [7, 11) is 59.9. The van der Waals surface area contributed by atoms with Gasteiger partial charge in [-0.1, -0.05) is 0 Å². The molecule has 0 spiro atoms. The standard InChI is InChI=1S/B20H2/c1-12(2)17(11)20(18(13(3)4)14(5)6)19(15(7)8)16(9)10/h1-2H. The Balaban J connectivity index is 5.66. The van der Waals surface area contributed by atoms with Gasteiger partial charge >= 0.3 is 0 Å². The van der Waals surface area contributed by atoms with Crippen molar-refractivity contribution in [3.8, 4) is 0 Å². The quantitative estimate of drug-likeness (QED) is 0.355. The topological polar surface area (TPSA) is 0 Å². The Morgan fingerprint density at radius 1 is 0.450 bits per heavy atom. The van der Waals surface area contributed by atoms with Gasteiger partial charge in [0.05, 0.1) is 0 Å². The highest BCUT2D eigenvalue weighted by molar-refractivity contribution is 8.19. The molecule has 0 rings (SSSR count).